The Morgan fingerprint density at radius 1 is 1.29 bits per heavy atom. The quantitative estimate of drug-likeness (QED) is 0.907. The van der Waals surface area contributed by atoms with E-state index < -0.39 is 0 Å². The number of rotatable bonds is 4. The SMILES string of the molecule is CN1CCNCC1CC1CC(=O)N(Cc2ccccc2)C1. The van der Waals surface area contributed by atoms with Crippen LogP contribution in [0.3, 0.4) is 0 Å². The number of amides is 1. The number of carbonyl (C=O) groups excluding carboxylic acids is 1. The van der Waals surface area contributed by atoms with E-state index in [2.05, 4.69) is 29.4 Å². The van der Waals surface area contributed by atoms with Gasteiger partial charge in [-0.1, -0.05) is 30.3 Å². The van der Waals surface area contributed by atoms with Crippen LogP contribution in [0.15, 0.2) is 30.3 Å². The number of benzene rings is 1. The molecule has 1 N–H and O–H groups in total. The monoisotopic (exact) mass is 287 g/mol. The number of hydrogen-bond donors (Lipinski definition) is 1. The molecular weight excluding hydrogens is 262 g/mol. The van der Waals surface area contributed by atoms with Crippen LogP contribution < -0.4 is 5.32 Å². The lowest BCUT2D eigenvalue weighted by molar-refractivity contribution is -0.128. The van der Waals surface area contributed by atoms with Crippen molar-refractivity contribution in [2.75, 3.05) is 33.2 Å². The zero-order valence-electron chi connectivity index (χ0n) is 12.8. The third-order valence-corrected chi connectivity index (χ3v) is 4.76. The Balaban J connectivity index is 1.54. The van der Waals surface area contributed by atoms with Gasteiger partial charge in [0, 0.05) is 45.2 Å². The van der Waals surface area contributed by atoms with E-state index in [1.54, 1.807) is 0 Å². The Labute approximate surface area is 127 Å². The fourth-order valence-corrected chi connectivity index (χ4v) is 3.48. The summed E-state index contributed by atoms with van der Waals surface area (Å²) in [4.78, 5) is 16.7. The van der Waals surface area contributed by atoms with Gasteiger partial charge in [-0.2, -0.15) is 0 Å². The van der Waals surface area contributed by atoms with Crippen molar-refractivity contribution < 1.29 is 4.79 Å². The fourth-order valence-electron chi connectivity index (χ4n) is 3.48. The van der Waals surface area contributed by atoms with Crippen LogP contribution >= 0.6 is 0 Å². The van der Waals surface area contributed by atoms with Gasteiger partial charge in [-0.05, 0) is 24.9 Å². The third-order valence-electron chi connectivity index (χ3n) is 4.76. The summed E-state index contributed by atoms with van der Waals surface area (Å²) >= 11 is 0. The average molecular weight is 287 g/mol. The van der Waals surface area contributed by atoms with E-state index in [-0.39, 0.29) is 0 Å². The molecule has 2 aliphatic heterocycles. The van der Waals surface area contributed by atoms with Gasteiger partial charge in [-0.3, -0.25) is 4.79 Å². The second-order valence-electron chi connectivity index (χ2n) is 6.40. The van der Waals surface area contributed by atoms with Crippen LogP contribution in [0.25, 0.3) is 0 Å². The minimum Gasteiger partial charge on any atom is -0.338 e. The summed E-state index contributed by atoms with van der Waals surface area (Å²) in [6.45, 7) is 4.92. The molecule has 0 aromatic heterocycles. The maximum absolute atomic E-state index is 12.2. The molecule has 1 amide bonds. The number of likely N-dealkylation sites (N-methyl/N-ethyl adjacent to an activating group) is 1. The first-order valence-corrected chi connectivity index (χ1v) is 7.95. The van der Waals surface area contributed by atoms with Crippen LogP contribution in [0.4, 0.5) is 0 Å². The Hall–Kier alpha value is -1.39. The number of hydrogen-bond acceptors (Lipinski definition) is 3. The van der Waals surface area contributed by atoms with Gasteiger partial charge < -0.3 is 15.1 Å². The Bertz CT molecular complexity index is 476. The van der Waals surface area contributed by atoms with Gasteiger partial charge in [0.1, 0.15) is 0 Å². The first kappa shape index (κ1) is 14.5. The largest absolute Gasteiger partial charge is 0.338 e. The van der Waals surface area contributed by atoms with E-state index in [1.807, 2.05) is 23.1 Å². The van der Waals surface area contributed by atoms with Crippen molar-refractivity contribution in [2.24, 2.45) is 5.92 Å². The maximum Gasteiger partial charge on any atom is 0.223 e. The van der Waals surface area contributed by atoms with Crippen LogP contribution in [0.1, 0.15) is 18.4 Å². The van der Waals surface area contributed by atoms with Crippen molar-refractivity contribution in [1.29, 1.82) is 0 Å². The van der Waals surface area contributed by atoms with Crippen molar-refractivity contribution in [1.82, 2.24) is 15.1 Å². The highest BCUT2D eigenvalue weighted by molar-refractivity contribution is 5.78. The number of likely N-dealkylation sites (tertiary alicyclic amines) is 1. The highest BCUT2D eigenvalue weighted by Crippen LogP contribution is 2.25. The van der Waals surface area contributed by atoms with Crippen molar-refractivity contribution in [3.8, 4) is 0 Å². The third kappa shape index (κ3) is 3.63. The van der Waals surface area contributed by atoms with Crippen LogP contribution in [0.2, 0.25) is 0 Å². The van der Waals surface area contributed by atoms with Gasteiger partial charge in [0.25, 0.3) is 0 Å². The second kappa shape index (κ2) is 6.58. The molecule has 2 unspecified atom stereocenters. The van der Waals surface area contributed by atoms with Gasteiger partial charge >= 0.3 is 0 Å². The predicted octanol–water partition coefficient (Wildman–Crippen LogP) is 1.33. The summed E-state index contributed by atoms with van der Waals surface area (Å²) < 4.78 is 0. The number of carbonyl (C=O) groups is 1. The van der Waals surface area contributed by atoms with Gasteiger partial charge in [0.15, 0.2) is 0 Å². The molecule has 2 heterocycles. The van der Waals surface area contributed by atoms with Crippen molar-refractivity contribution >= 4 is 5.91 Å². The molecule has 0 bridgehead atoms. The molecule has 3 rings (SSSR count). The molecule has 114 valence electrons. The van der Waals surface area contributed by atoms with Crippen LogP contribution in [0, 0.1) is 5.92 Å². The highest BCUT2D eigenvalue weighted by atomic mass is 16.2. The molecule has 2 saturated heterocycles. The Kier molecular flexibility index (Phi) is 4.56. The number of nitrogens with one attached hydrogen (secondary N) is 1. The standard InChI is InChI=1S/C17H25N3O/c1-19-8-7-18-11-16(19)9-15-10-17(21)20(13-15)12-14-5-3-2-4-6-14/h2-6,15-16,18H,7-13H2,1H3. The Morgan fingerprint density at radius 3 is 2.86 bits per heavy atom. The van der Waals surface area contributed by atoms with E-state index in [0.717, 1.165) is 45.6 Å². The van der Waals surface area contributed by atoms with E-state index in [4.69, 9.17) is 0 Å². The summed E-state index contributed by atoms with van der Waals surface area (Å²) in [6.07, 6.45) is 1.84. The molecular formula is C17H25N3O. The summed E-state index contributed by atoms with van der Waals surface area (Å²) in [7, 11) is 2.20. The number of nitrogens with zero attached hydrogens (tertiary/aromatic N) is 2. The molecule has 1 aromatic carbocycles. The number of piperazine rings is 1. The van der Waals surface area contributed by atoms with E-state index in [9.17, 15) is 4.79 Å². The van der Waals surface area contributed by atoms with Gasteiger partial charge in [0.05, 0.1) is 0 Å². The lowest BCUT2D eigenvalue weighted by Gasteiger charge is -2.34. The smallest absolute Gasteiger partial charge is 0.223 e. The predicted molar refractivity (Wildman–Crippen MR) is 83.9 cm³/mol. The van der Waals surface area contributed by atoms with Gasteiger partial charge in [-0.25, -0.2) is 0 Å². The van der Waals surface area contributed by atoms with E-state index in [1.165, 1.54) is 5.56 Å². The zero-order valence-corrected chi connectivity index (χ0v) is 12.8. The molecule has 21 heavy (non-hydrogen) atoms. The zero-order chi connectivity index (χ0) is 14.7. The minimum atomic E-state index is 0.315. The molecule has 4 nitrogen and oxygen atoms in total. The average Bonchev–Trinajstić information content (AvgIpc) is 2.82. The molecule has 2 atom stereocenters. The van der Waals surface area contributed by atoms with Crippen molar-refractivity contribution in [3.05, 3.63) is 35.9 Å². The van der Waals surface area contributed by atoms with Crippen molar-refractivity contribution in [2.45, 2.75) is 25.4 Å². The molecule has 0 aliphatic carbocycles. The maximum atomic E-state index is 12.2. The highest BCUT2D eigenvalue weighted by Gasteiger charge is 2.32. The summed E-state index contributed by atoms with van der Waals surface area (Å²) in [6, 6.07) is 10.9. The van der Waals surface area contributed by atoms with Crippen LogP contribution in [0.5, 0.6) is 0 Å². The molecule has 0 radical (unpaired) electrons. The van der Waals surface area contributed by atoms with Gasteiger partial charge in [0.2, 0.25) is 5.91 Å². The first-order chi connectivity index (χ1) is 10.2. The molecule has 4 heteroatoms. The molecule has 1 aromatic rings. The molecule has 0 saturated carbocycles. The van der Waals surface area contributed by atoms with Crippen LogP contribution in [-0.4, -0.2) is 55.0 Å². The summed E-state index contributed by atoms with van der Waals surface area (Å²) in [5, 5.41) is 3.46. The Morgan fingerprint density at radius 2 is 2.10 bits per heavy atom. The topological polar surface area (TPSA) is 35.6 Å². The molecule has 2 fully saturated rings. The van der Waals surface area contributed by atoms with E-state index >= 15 is 0 Å². The molecule has 2 aliphatic rings. The lowest BCUT2D eigenvalue weighted by atomic mass is 9.97. The molecule has 0 spiro atoms. The second-order valence-corrected chi connectivity index (χ2v) is 6.40. The van der Waals surface area contributed by atoms with Gasteiger partial charge in [-0.15, -0.1) is 0 Å². The minimum absolute atomic E-state index is 0.315. The van der Waals surface area contributed by atoms with E-state index in [0.29, 0.717) is 17.9 Å². The normalized spacial score (nSPS) is 27.3. The fraction of sp³-hybridized carbons (Fsp3) is 0.588. The van der Waals surface area contributed by atoms with Crippen molar-refractivity contribution in [3.63, 3.8) is 0 Å². The first-order valence-electron chi connectivity index (χ1n) is 7.95. The lowest BCUT2D eigenvalue weighted by Crippen LogP contribution is -2.50. The summed E-state index contributed by atoms with van der Waals surface area (Å²) in [5.74, 6) is 0.823. The van der Waals surface area contributed by atoms with Crippen LogP contribution in [-0.2, 0) is 11.3 Å². The summed E-state index contributed by atoms with van der Waals surface area (Å²) in [5.41, 5.74) is 1.22.